The van der Waals surface area contributed by atoms with E-state index >= 15 is 0 Å². The van der Waals surface area contributed by atoms with Crippen LogP contribution in [-0.2, 0) is 9.53 Å². The number of hydrogen-bond acceptors (Lipinski definition) is 4. The van der Waals surface area contributed by atoms with Crippen LogP contribution in [0, 0.1) is 0 Å². The van der Waals surface area contributed by atoms with E-state index in [-0.39, 0.29) is 12.4 Å². The summed E-state index contributed by atoms with van der Waals surface area (Å²) < 4.78 is 4.51. The van der Waals surface area contributed by atoms with Crippen molar-refractivity contribution in [2.45, 2.75) is 6.42 Å². The van der Waals surface area contributed by atoms with Gasteiger partial charge in [0.15, 0.2) is 0 Å². The smallest absolute Gasteiger partial charge is 0.326 e. The molecule has 0 amide bonds. The van der Waals surface area contributed by atoms with Crippen LogP contribution >= 0.6 is 0 Å². The van der Waals surface area contributed by atoms with Crippen molar-refractivity contribution in [1.29, 1.82) is 0 Å². The SMILES string of the molecule is COC(=O)CC=Cc1ccc2[nH]c(=O)[nH]c(=O)c2c1. The number of methoxy groups -OCH3 is 1. The summed E-state index contributed by atoms with van der Waals surface area (Å²) in [7, 11) is 1.32. The molecule has 0 saturated heterocycles. The summed E-state index contributed by atoms with van der Waals surface area (Å²) in [5.74, 6) is -0.334. The van der Waals surface area contributed by atoms with Gasteiger partial charge in [0.05, 0.1) is 24.4 Å². The highest BCUT2D eigenvalue weighted by atomic mass is 16.5. The predicted octanol–water partition coefficient (Wildman–Crippen LogP) is 0.793. The number of fused-ring (bicyclic) bond motifs is 1. The number of rotatable bonds is 3. The molecule has 0 fully saturated rings. The fraction of sp³-hybridized carbons (Fsp3) is 0.154. The van der Waals surface area contributed by atoms with Gasteiger partial charge in [0.2, 0.25) is 0 Å². The van der Waals surface area contributed by atoms with Gasteiger partial charge in [-0.25, -0.2) is 4.79 Å². The van der Waals surface area contributed by atoms with E-state index in [9.17, 15) is 14.4 Å². The largest absolute Gasteiger partial charge is 0.469 e. The average Bonchev–Trinajstić information content (AvgIpc) is 2.39. The Hall–Kier alpha value is -2.63. The standard InChI is InChI=1S/C13H12N2O4/c1-19-11(16)4-2-3-8-5-6-10-9(7-8)12(17)15-13(18)14-10/h2-3,5-7H,4H2,1H3,(H2,14,15,17,18). The van der Waals surface area contributed by atoms with Crippen molar-refractivity contribution in [1.82, 2.24) is 9.97 Å². The summed E-state index contributed by atoms with van der Waals surface area (Å²) in [5.41, 5.74) is 0.251. The normalized spacial score (nSPS) is 11.0. The number of aromatic amines is 2. The van der Waals surface area contributed by atoms with Gasteiger partial charge in [-0.1, -0.05) is 18.2 Å². The molecule has 0 aliphatic heterocycles. The molecule has 0 radical (unpaired) electrons. The van der Waals surface area contributed by atoms with Crippen LogP contribution in [0.25, 0.3) is 17.0 Å². The molecule has 0 aliphatic rings. The van der Waals surface area contributed by atoms with Crippen LogP contribution in [0.1, 0.15) is 12.0 Å². The second-order valence-electron chi connectivity index (χ2n) is 3.90. The van der Waals surface area contributed by atoms with E-state index in [2.05, 4.69) is 14.7 Å². The summed E-state index contributed by atoms with van der Waals surface area (Å²) >= 11 is 0. The Morgan fingerprint density at radius 1 is 1.32 bits per heavy atom. The number of ether oxygens (including phenoxy) is 1. The minimum atomic E-state index is -0.536. The molecule has 0 bridgehead atoms. The van der Waals surface area contributed by atoms with E-state index in [4.69, 9.17) is 0 Å². The number of carbonyl (C=O) groups is 1. The third-order valence-electron chi connectivity index (χ3n) is 2.59. The maximum absolute atomic E-state index is 11.6. The van der Waals surface area contributed by atoms with Crippen LogP contribution in [0.4, 0.5) is 0 Å². The maximum Gasteiger partial charge on any atom is 0.326 e. The van der Waals surface area contributed by atoms with E-state index in [1.54, 1.807) is 30.4 Å². The van der Waals surface area contributed by atoms with E-state index in [0.717, 1.165) is 5.56 Å². The first-order valence-corrected chi connectivity index (χ1v) is 5.60. The second-order valence-corrected chi connectivity index (χ2v) is 3.90. The lowest BCUT2D eigenvalue weighted by atomic mass is 10.1. The van der Waals surface area contributed by atoms with Gasteiger partial charge in [0.1, 0.15) is 0 Å². The number of esters is 1. The van der Waals surface area contributed by atoms with Crippen LogP contribution in [0.3, 0.4) is 0 Å². The molecule has 6 nitrogen and oxygen atoms in total. The Kier molecular flexibility index (Phi) is 3.61. The Morgan fingerprint density at radius 3 is 2.84 bits per heavy atom. The molecule has 1 aromatic carbocycles. The fourth-order valence-electron chi connectivity index (χ4n) is 1.66. The lowest BCUT2D eigenvalue weighted by Gasteiger charge is -1.98. The first-order chi connectivity index (χ1) is 9.10. The lowest BCUT2D eigenvalue weighted by molar-refractivity contribution is -0.139. The minimum Gasteiger partial charge on any atom is -0.469 e. The van der Waals surface area contributed by atoms with Gasteiger partial charge in [-0.2, -0.15) is 0 Å². The molecule has 98 valence electrons. The monoisotopic (exact) mass is 260 g/mol. The van der Waals surface area contributed by atoms with Crippen LogP contribution < -0.4 is 11.2 Å². The molecule has 2 N–H and O–H groups in total. The molecule has 1 heterocycles. The van der Waals surface area contributed by atoms with Crippen molar-refractivity contribution in [3.05, 3.63) is 50.7 Å². The molecule has 1 aromatic heterocycles. The maximum atomic E-state index is 11.6. The van der Waals surface area contributed by atoms with Crippen LogP contribution in [0.5, 0.6) is 0 Å². The molecule has 0 atom stereocenters. The zero-order valence-corrected chi connectivity index (χ0v) is 10.2. The van der Waals surface area contributed by atoms with Crippen molar-refractivity contribution in [2.75, 3.05) is 7.11 Å². The van der Waals surface area contributed by atoms with E-state index in [0.29, 0.717) is 10.9 Å². The highest BCUT2D eigenvalue weighted by Gasteiger charge is 2.01. The van der Waals surface area contributed by atoms with E-state index in [1.165, 1.54) is 7.11 Å². The molecule has 2 aromatic rings. The highest BCUT2D eigenvalue weighted by Crippen LogP contribution is 2.10. The van der Waals surface area contributed by atoms with Crippen molar-refractivity contribution >= 4 is 22.9 Å². The number of hydrogen-bond donors (Lipinski definition) is 2. The summed E-state index contributed by atoms with van der Waals surface area (Å²) in [6, 6.07) is 5.02. The minimum absolute atomic E-state index is 0.163. The second kappa shape index (κ2) is 5.34. The van der Waals surface area contributed by atoms with E-state index < -0.39 is 11.2 Å². The Balaban J connectivity index is 2.34. The average molecular weight is 260 g/mol. The molecule has 0 aliphatic carbocycles. The lowest BCUT2D eigenvalue weighted by Crippen LogP contribution is -2.21. The Morgan fingerprint density at radius 2 is 2.11 bits per heavy atom. The third kappa shape index (κ3) is 2.98. The van der Waals surface area contributed by atoms with Crippen molar-refractivity contribution in [3.8, 4) is 0 Å². The molecule has 0 unspecified atom stereocenters. The van der Waals surface area contributed by atoms with E-state index in [1.807, 2.05) is 0 Å². The van der Waals surface area contributed by atoms with Crippen molar-refractivity contribution in [3.63, 3.8) is 0 Å². The highest BCUT2D eigenvalue weighted by molar-refractivity contribution is 5.80. The fourth-order valence-corrected chi connectivity index (χ4v) is 1.66. The summed E-state index contributed by atoms with van der Waals surface area (Å²) in [6.45, 7) is 0. The molecule has 0 saturated carbocycles. The summed E-state index contributed by atoms with van der Waals surface area (Å²) in [4.78, 5) is 38.3. The zero-order valence-electron chi connectivity index (χ0n) is 10.2. The quantitative estimate of drug-likeness (QED) is 0.798. The van der Waals surface area contributed by atoms with Gasteiger partial charge in [0, 0.05) is 0 Å². The van der Waals surface area contributed by atoms with Gasteiger partial charge < -0.3 is 9.72 Å². The number of aromatic nitrogens is 2. The summed E-state index contributed by atoms with van der Waals surface area (Å²) in [5, 5.41) is 0.389. The topological polar surface area (TPSA) is 92.0 Å². The van der Waals surface area contributed by atoms with Crippen LogP contribution in [0.2, 0.25) is 0 Å². The number of benzene rings is 1. The summed E-state index contributed by atoms with van der Waals surface area (Å²) in [6.07, 6.45) is 3.52. The third-order valence-corrected chi connectivity index (χ3v) is 2.59. The van der Waals surface area contributed by atoms with Crippen LogP contribution in [-0.4, -0.2) is 23.0 Å². The van der Waals surface area contributed by atoms with Gasteiger partial charge >= 0.3 is 11.7 Å². The molecular weight excluding hydrogens is 248 g/mol. The Labute approximate surface area is 107 Å². The van der Waals surface area contributed by atoms with Crippen LogP contribution in [0.15, 0.2) is 33.9 Å². The van der Waals surface area contributed by atoms with Crippen molar-refractivity contribution < 1.29 is 9.53 Å². The number of carbonyl (C=O) groups excluding carboxylic acids is 1. The first kappa shape index (κ1) is 12.8. The van der Waals surface area contributed by atoms with Crippen molar-refractivity contribution in [2.24, 2.45) is 0 Å². The number of nitrogens with one attached hydrogen (secondary N) is 2. The van der Waals surface area contributed by atoms with Gasteiger partial charge in [-0.3, -0.25) is 14.6 Å². The molecule has 2 rings (SSSR count). The molecule has 19 heavy (non-hydrogen) atoms. The zero-order chi connectivity index (χ0) is 13.8. The van der Waals surface area contributed by atoms with Gasteiger partial charge in [-0.05, 0) is 17.7 Å². The molecule has 6 heteroatoms. The molecular formula is C13H12N2O4. The number of H-pyrrole nitrogens is 2. The van der Waals surface area contributed by atoms with Gasteiger partial charge in [0.25, 0.3) is 5.56 Å². The molecule has 0 spiro atoms. The Bertz CT molecular complexity index is 755. The van der Waals surface area contributed by atoms with Gasteiger partial charge in [-0.15, -0.1) is 0 Å². The predicted molar refractivity (Wildman–Crippen MR) is 70.9 cm³/mol. The first-order valence-electron chi connectivity index (χ1n) is 5.60.